The molecule has 1 saturated carbocycles. The molecule has 0 aromatic carbocycles. The topological polar surface area (TPSA) is 29.5 Å². The Morgan fingerprint density at radius 1 is 1.43 bits per heavy atom. The van der Waals surface area contributed by atoms with Crippen LogP contribution in [0, 0.1) is 5.41 Å². The van der Waals surface area contributed by atoms with E-state index in [0.717, 1.165) is 19.3 Å². The lowest BCUT2D eigenvalue weighted by molar-refractivity contribution is -0.225. The molecule has 2 heteroatoms. The van der Waals surface area contributed by atoms with Gasteiger partial charge in [-0.15, -0.1) is 0 Å². The van der Waals surface area contributed by atoms with Crippen molar-refractivity contribution in [2.24, 2.45) is 5.41 Å². The molecule has 3 unspecified atom stereocenters. The largest absolute Gasteiger partial charge is 0.392 e. The van der Waals surface area contributed by atoms with Gasteiger partial charge in [-0.2, -0.15) is 0 Å². The van der Waals surface area contributed by atoms with E-state index in [1.54, 1.807) is 0 Å². The molecule has 1 N–H and O–H groups in total. The highest BCUT2D eigenvalue weighted by atomic mass is 16.5. The summed E-state index contributed by atoms with van der Waals surface area (Å²) in [6, 6.07) is 0. The highest BCUT2D eigenvalue weighted by Crippen LogP contribution is 2.47. The van der Waals surface area contributed by atoms with Gasteiger partial charge in [-0.25, -0.2) is 0 Å². The van der Waals surface area contributed by atoms with E-state index in [1.165, 1.54) is 0 Å². The van der Waals surface area contributed by atoms with Gasteiger partial charge in [0.2, 0.25) is 0 Å². The van der Waals surface area contributed by atoms with E-state index in [4.69, 9.17) is 4.74 Å². The Morgan fingerprint density at radius 2 is 2.00 bits per heavy atom. The molecule has 1 fully saturated rings. The third-order valence-corrected chi connectivity index (χ3v) is 4.01. The van der Waals surface area contributed by atoms with Gasteiger partial charge in [0, 0.05) is 11.8 Å². The van der Waals surface area contributed by atoms with Crippen molar-refractivity contribution < 1.29 is 9.84 Å². The summed E-state index contributed by atoms with van der Waals surface area (Å²) in [6.45, 7) is 10.6. The van der Waals surface area contributed by atoms with Crippen molar-refractivity contribution in [3.05, 3.63) is 0 Å². The van der Waals surface area contributed by atoms with Crippen LogP contribution in [0.1, 0.15) is 53.9 Å². The van der Waals surface area contributed by atoms with Crippen LogP contribution in [0.15, 0.2) is 0 Å². The van der Waals surface area contributed by atoms with Crippen molar-refractivity contribution in [3.63, 3.8) is 0 Å². The molecule has 14 heavy (non-hydrogen) atoms. The monoisotopic (exact) mass is 200 g/mol. The summed E-state index contributed by atoms with van der Waals surface area (Å²) >= 11 is 0. The van der Waals surface area contributed by atoms with Gasteiger partial charge < -0.3 is 9.84 Å². The minimum Gasteiger partial charge on any atom is -0.392 e. The molecule has 3 atom stereocenters. The maximum absolute atomic E-state index is 9.73. The van der Waals surface area contributed by atoms with Gasteiger partial charge in [0.05, 0.1) is 17.8 Å². The third-order valence-electron chi connectivity index (χ3n) is 4.01. The van der Waals surface area contributed by atoms with Crippen molar-refractivity contribution in [2.45, 2.75) is 71.7 Å². The lowest BCUT2D eigenvalue weighted by Gasteiger charge is -2.53. The molecule has 0 saturated heterocycles. The van der Waals surface area contributed by atoms with E-state index in [-0.39, 0.29) is 23.2 Å². The normalized spacial score (nSPS) is 38.1. The average Bonchev–Trinajstić information content (AvgIpc) is 2.16. The SMILES string of the molecule is CCC(C)(C)OC1CC(O)C1(C)CC. The zero-order valence-corrected chi connectivity index (χ0v) is 10.1. The molecule has 2 nitrogen and oxygen atoms in total. The zero-order valence-electron chi connectivity index (χ0n) is 10.1. The van der Waals surface area contributed by atoms with Crippen molar-refractivity contribution in [1.29, 1.82) is 0 Å². The number of ether oxygens (including phenoxy) is 1. The minimum absolute atomic E-state index is 0.0214. The van der Waals surface area contributed by atoms with E-state index >= 15 is 0 Å². The predicted octanol–water partition coefficient (Wildman–Crippen LogP) is 2.74. The van der Waals surface area contributed by atoms with Gasteiger partial charge in [-0.05, 0) is 26.7 Å². The second-order valence-electron chi connectivity index (χ2n) is 5.33. The Labute approximate surface area is 87.7 Å². The van der Waals surface area contributed by atoms with Crippen LogP contribution < -0.4 is 0 Å². The summed E-state index contributed by atoms with van der Waals surface area (Å²) < 4.78 is 6.04. The van der Waals surface area contributed by atoms with Crippen molar-refractivity contribution in [2.75, 3.05) is 0 Å². The van der Waals surface area contributed by atoms with Gasteiger partial charge in [-0.1, -0.05) is 20.8 Å². The molecule has 0 aromatic heterocycles. The molecule has 0 spiro atoms. The first kappa shape index (κ1) is 12.0. The molecule has 84 valence electrons. The van der Waals surface area contributed by atoms with Crippen LogP contribution in [0.2, 0.25) is 0 Å². The molecular formula is C12H24O2. The first-order chi connectivity index (χ1) is 6.35. The zero-order chi connectivity index (χ0) is 11.0. The number of aliphatic hydroxyl groups excluding tert-OH is 1. The Kier molecular flexibility index (Phi) is 3.27. The van der Waals surface area contributed by atoms with Gasteiger partial charge in [0.15, 0.2) is 0 Å². The van der Waals surface area contributed by atoms with E-state index in [2.05, 4.69) is 34.6 Å². The van der Waals surface area contributed by atoms with Crippen LogP contribution in [-0.4, -0.2) is 22.9 Å². The molecule has 0 aliphatic heterocycles. The van der Waals surface area contributed by atoms with E-state index in [0.29, 0.717) is 0 Å². The fourth-order valence-electron chi connectivity index (χ4n) is 1.91. The smallest absolute Gasteiger partial charge is 0.0685 e. The molecule has 0 heterocycles. The summed E-state index contributed by atoms with van der Waals surface area (Å²) in [5.41, 5.74) is -0.0757. The van der Waals surface area contributed by atoms with Crippen LogP contribution in [0.25, 0.3) is 0 Å². The molecule has 1 rings (SSSR count). The summed E-state index contributed by atoms with van der Waals surface area (Å²) in [5, 5.41) is 9.73. The fourth-order valence-corrected chi connectivity index (χ4v) is 1.91. The molecule has 0 radical (unpaired) electrons. The minimum atomic E-state index is -0.176. The van der Waals surface area contributed by atoms with E-state index in [1.807, 2.05) is 0 Å². The summed E-state index contributed by atoms with van der Waals surface area (Å²) in [6.07, 6.45) is 2.86. The maximum Gasteiger partial charge on any atom is 0.0685 e. The van der Waals surface area contributed by atoms with Crippen LogP contribution in [-0.2, 0) is 4.74 Å². The highest BCUT2D eigenvalue weighted by Gasteiger charge is 2.51. The first-order valence-electron chi connectivity index (χ1n) is 5.71. The first-order valence-corrected chi connectivity index (χ1v) is 5.71. The lowest BCUT2D eigenvalue weighted by Crippen LogP contribution is -2.58. The van der Waals surface area contributed by atoms with Gasteiger partial charge in [0.1, 0.15) is 0 Å². The van der Waals surface area contributed by atoms with Gasteiger partial charge in [-0.3, -0.25) is 0 Å². The standard InChI is InChI=1S/C12H24O2/c1-6-11(3,4)14-10-8-9(13)12(10,5)7-2/h9-10,13H,6-8H2,1-5H3. The third kappa shape index (κ3) is 1.96. The molecule has 0 aromatic rings. The Hall–Kier alpha value is -0.0800. The van der Waals surface area contributed by atoms with Crippen molar-refractivity contribution in [1.82, 2.24) is 0 Å². The average molecular weight is 200 g/mol. The molecule has 1 aliphatic rings. The van der Waals surface area contributed by atoms with Crippen molar-refractivity contribution in [3.8, 4) is 0 Å². The summed E-state index contributed by atoms with van der Waals surface area (Å²) in [4.78, 5) is 0. The van der Waals surface area contributed by atoms with Crippen LogP contribution in [0.3, 0.4) is 0 Å². The molecule has 1 aliphatic carbocycles. The van der Waals surface area contributed by atoms with Crippen LogP contribution in [0.5, 0.6) is 0 Å². The maximum atomic E-state index is 9.73. The van der Waals surface area contributed by atoms with Gasteiger partial charge >= 0.3 is 0 Å². The Morgan fingerprint density at radius 3 is 2.36 bits per heavy atom. The van der Waals surface area contributed by atoms with E-state index in [9.17, 15) is 5.11 Å². The predicted molar refractivity (Wildman–Crippen MR) is 58.3 cm³/mol. The second-order valence-corrected chi connectivity index (χ2v) is 5.33. The Bertz CT molecular complexity index is 200. The van der Waals surface area contributed by atoms with Crippen LogP contribution >= 0.6 is 0 Å². The fraction of sp³-hybridized carbons (Fsp3) is 1.00. The number of hydrogen-bond acceptors (Lipinski definition) is 2. The highest BCUT2D eigenvalue weighted by molar-refractivity contribution is 5.01. The summed E-state index contributed by atoms with van der Waals surface area (Å²) in [5.74, 6) is 0. The molecular weight excluding hydrogens is 176 g/mol. The van der Waals surface area contributed by atoms with E-state index < -0.39 is 0 Å². The van der Waals surface area contributed by atoms with Crippen LogP contribution in [0.4, 0.5) is 0 Å². The quantitative estimate of drug-likeness (QED) is 0.756. The number of rotatable bonds is 4. The molecule has 0 amide bonds. The van der Waals surface area contributed by atoms with Gasteiger partial charge in [0.25, 0.3) is 0 Å². The molecule has 0 bridgehead atoms. The lowest BCUT2D eigenvalue weighted by atomic mass is 9.63. The second kappa shape index (κ2) is 3.82. The number of aliphatic hydroxyl groups is 1. The number of hydrogen-bond donors (Lipinski definition) is 1. The summed E-state index contributed by atoms with van der Waals surface area (Å²) in [7, 11) is 0. The van der Waals surface area contributed by atoms with Crippen molar-refractivity contribution >= 4 is 0 Å². The Balaban J connectivity index is 2.56.